The molecule has 0 radical (unpaired) electrons. The van der Waals surface area contributed by atoms with Crippen molar-refractivity contribution in [3.05, 3.63) is 42.2 Å². The van der Waals surface area contributed by atoms with E-state index < -0.39 is 0 Å². The van der Waals surface area contributed by atoms with Crippen LogP contribution in [0.1, 0.15) is 18.4 Å². The van der Waals surface area contributed by atoms with Crippen LogP contribution in [0.4, 0.5) is 0 Å². The first-order valence-corrected chi connectivity index (χ1v) is 6.40. The second-order valence-corrected chi connectivity index (χ2v) is 4.38. The van der Waals surface area contributed by atoms with Crippen LogP contribution in [0.2, 0.25) is 0 Å². The molecule has 0 bridgehead atoms. The second-order valence-electron chi connectivity index (χ2n) is 4.38. The van der Waals surface area contributed by atoms with Gasteiger partial charge in [-0.15, -0.1) is 0 Å². The van der Waals surface area contributed by atoms with Crippen LogP contribution < -0.4 is 5.32 Å². The molecule has 100 valence electrons. The molecule has 2 aromatic rings. The van der Waals surface area contributed by atoms with E-state index >= 15 is 0 Å². The van der Waals surface area contributed by atoms with E-state index in [1.54, 1.807) is 0 Å². The lowest BCUT2D eigenvalue weighted by molar-refractivity contribution is -0.140. The van der Waals surface area contributed by atoms with Crippen molar-refractivity contribution in [1.82, 2.24) is 10.3 Å². The lowest BCUT2D eigenvalue weighted by Gasteiger charge is -2.07. The fourth-order valence-corrected chi connectivity index (χ4v) is 2.00. The number of carbonyl (C=O) groups excluding carboxylic acids is 1. The number of aromatic nitrogens is 1. The van der Waals surface area contributed by atoms with Crippen molar-refractivity contribution >= 4 is 16.7 Å². The normalized spacial score (nSPS) is 10.6. The molecular formula is C15H18N2O2. The third-order valence-corrected chi connectivity index (χ3v) is 3.03. The van der Waals surface area contributed by atoms with Gasteiger partial charge in [0.25, 0.3) is 0 Å². The summed E-state index contributed by atoms with van der Waals surface area (Å²) in [5, 5.41) is 5.70. The molecule has 4 nitrogen and oxygen atoms in total. The minimum atomic E-state index is -0.159. The van der Waals surface area contributed by atoms with E-state index in [4.69, 9.17) is 0 Å². The molecule has 2 rings (SSSR count). The Labute approximate surface area is 112 Å². The number of nitrogens with one attached hydrogen (secondary N) is 1. The fraction of sp³-hybridized carbons (Fsp3) is 0.333. The Kier molecular flexibility index (Phi) is 4.86. The molecule has 0 saturated carbocycles. The average molecular weight is 258 g/mol. The summed E-state index contributed by atoms with van der Waals surface area (Å²) in [7, 11) is 1.41. The van der Waals surface area contributed by atoms with Gasteiger partial charge in [-0.25, -0.2) is 0 Å². The van der Waals surface area contributed by atoms with Gasteiger partial charge >= 0.3 is 5.97 Å². The molecule has 19 heavy (non-hydrogen) atoms. The second kappa shape index (κ2) is 6.85. The molecule has 0 atom stereocenters. The Morgan fingerprint density at radius 2 is 2.16 bits per heavy atom. The zero-order valence-corrected chi connectivity index (χ0v) is 11.1. The van der Waals surface area contributed by atoms with Crippen LogP contribution >= 0.6 is 0 Å². The van der Waals surface area contributed by atoms with E-state index in [0.717, 1.165) is 24.9 Å². The van der Waals surface area contributed by atoms with Crippen molar-refractivity contribution in [1.29, 1.82) is 0 Å². The molecule has 1 aromatic carbocycles. The number of hydrogen-bond donors (Lipinski definition) is 1. The Bertz CT molecular complexity index is 549. The largest absolute Gasteiger partial charge is 0.469 e. The first kappa shape index (κ1) is 13.5. The lowest BCUT2D eigenvalue weighted by atomic mass is 10.1. The van der Waals surface area contributed by atoms with Crippen molar-refractivity contribution in [2.45, 2.75) is 19.4 Å². The predicted octanol–water partition coefficient (Wildman–Crippen LogP) is 2.28. The van der Waals surface area contributed by atoms with Crippen LogP contribution in [0.5, 0.6) is 0 Å². The van der Waals surface area contributed by atoms with Crippen LogP contribution in [0.15, 0.2) is 36.7 Å². The number of benzene rings is 1. The maximum Gasteiger partial charge on any atom is 0.305 e. The smallest absolute Gasteiger partial charge is 0.305 e. The SMILES string of the molecule is COC(=O)CCCNCc1cncc2ccccc12. The number of carbonyl (C=O) groups is 1. The standard InChI is InChI=1S/C15H18N2O2/c1-19-15(18)7-4-8-16-10-13-11-17-9-12-5-2-3-6-14(12)13/h2-3,5-6,9,11,16H,4,7-8,10H2,1H3. The van der Waals surface area contributed by atoms with Crippen molar-refractivity contribution in [2.75, 3.05) is 13.7 Å². The number of rotatable bonds is 6. The number of nitrogens with zero attached hydrogens (tertiary/aromatic N) is 1. The van der Waals surface area contributed by atoms with Gasteiger partial charge in [0, 0.05) is 30.7 Å². The average Bonchev–Trinajstić information content (AvgIpc) is 2.46. The van der Waals surface area contributed by atoms with E-state index in [-0.39, 0.29) is 5.97 Å². The predicted molar refractivity (Wildman–Crippen MR) is 74.7 cm³/mol. The summed E-state index contributed by atoms with van der Waals surface area (Å²) in [4.78, 5) is 15.2. The highest BCUT2D eigenvalue weighted by atomic mass is 16.5. The summed E-state index contributed by atoms with van der Waals surface area (Å²) >= 11 is 0. The number of hydrogen-bond acceptors (Lipinski definition) is 4. The molecule has 0 spiro atoms. The first-order valence-electron chi connectivity index (χ1n) is 6.40. The minimum absolute atomic E-state index is 0.159. The topological polar surface area (TPSA) is 51.2 Å². The maximum atomic E-state index is 11.0. The third-order valence-electron chi connectivity index (χ3n) is 3.03. The Morgan fingerprint density at radius 3 is 3.00 bits per heavy atom. The van der Waals surface area contributed by atoms with Crippen molar-refractivity contribution < 1.29 is 9.53 Å². The van der Waals surface area contributed by atoms with Gasteiger partial charge in [-0.2, -0.15) is 0 Å². The Morgan fingerprint density at radius 1 is 1.32 bits per heavy atom. The van der Waals surface area contributed by atoms with E-state index in [9.17, 15) is 4.79 Å². The summed E-state index contributed by atoms with van der Waals surface area (Å²) in [6, 6.07) is 8.20. The summed E-state index contributed by atoms with van der Waals surface area (Å²) in [5.41, 5.74) is 1.18. The molecule has 1 N–H and O–H groups in total. The summed E-state index contributed by atoms with van der Waals surface area (Å²) < 4.78 is 4.60. The molecule has 0 aliphatic carbocycles. The fourth-order valence-electron chi connectivity index (χ4n) is 2.00. The highest BCUT2D eigenvalue weighted by molar-refractivity contribution is 5.84. The first-order chi connectivity index (χ1) is 9.31. The molecule has 1 aromatic heterocycles. The monoisotopic (exact) mass is 258 g/mol. The Balaban J connectivity index is 1.86. The van der Waals surface area contributed by atoms with Gasteiger partial charge in [-0.1, -0.05) is 24.3 Å². The molecule has 0 unspecified atom stereocenters. The number of fused-ring (bicyclic) bond motifs is 1. The summed E-state index contributed by atoms with van der Waals surface area (Å²) in [5.74, 6) is -0.159. The molecule has 0 aliphatic heterocycles. The maximum absolute atomic E-state index is 11.0. The number of esters is 1. The molecule has 0 amide bonds. The van der Waals surface area contributed by atoms with Crippen molar-refractivity contribution in [2.24, 2.45) is 0 Å². The van der Waals surface area contributed by atoms with Gasteiger partial charge < -0.3 is 10.1 Å². The van der Waals surface area contributed by atoms with Gasteiger partial charge in [0.05, 0.1) is 7.11 Å². The van der Waals surface area contributed by atoms with Crippen LogP contribution in [0, 0.1) is 0 Å². The summed E-state index contributed by atoms with van der Waals surface area (Å²) in [6.07, 6.45) is 4.99. The van der Waals surface area contributed by atoms with E-state index in [0.29, 0.717) is 6.42 Å². The van der Waals surface area contributed by atoms with Crippen LogP contribution in [0.25, 0.3) is 10.8 Å². The number of ether oxygens (including phenoxy) is 1. The molecule has 4 heteroatoms. The molecule has 1 heterocycles. The third kappa shape index (κ3) is 3.76. The molecule has 0 fully saturated rings. The van der Waals surface area contributed by atoms with Crippen LogP contribution in [-0.2, 0) is 16.1 Å². The van der Waals surface area contributed by atoms with Crippen molar-refractivity contribution in [3.8, 4) is 0 Å². The molecular weight excluding hydrogens is 240 g/mol. The molecule has 0 aliphatic rings. The van der Waals surface area contributed by atoms with Crippen LogP contribution in [0.3, 0.4) is 0 Å². The highest BCUT2D eigenvalue weighted by Crippen LogP contribution is 2.16. The summed E-state index contributed by atoms with van der Waals surface area (Å²) in [6.45, 7) is 1.55. The minimum Gasteiger partial charge on any atom is -0.469 e. The van der Waals surface area contributed by atoms with E-state index in [2.05, 4.69) is 27.2 Å². The number of pyridine rings is 1. The van der Waals surface area contributed by atoms with Gasteiger partial charge in [-0.05, 0) is 23.9 Å². The zero-order chi connectivity index (χ0) is 13.5. The van der Waals surface area contributed by atoms with E-state index in [1.807, 2.05) is 24.5 Å². The lowest BCUT2D eigenvalue weighted by Crippen LogP contribution is -2.16. The number of methoxy groups -OCH3 is 1. The van der Waals surface area contributed by atoms with Gasteiger partial charge in [0.1, 0.15) is 0 Å². The van der Waals surface area contributed by atoms with Crippen LogP contribution in [-0.4, -0.2) is 24.6 Å². The van der Waals surface area contributed by atoms with Gasteiger partial charge in [0.15, 0.2) is 0 Å². The highest BCUT2D eigenvalue weighted by Gasteiger charge is 2.02. The van der Waals surface area contributed by atoms with E-state index in [1.165, 1.54) is 18.1 Å². The van der Waals surface area contributed by atoms with Crippen molar-refractivity contribution in [3.63, 3.8) is 0 Å². The zero-order valence-electron chi connectivity index (χ0n) is 11.1. The van der Waals surface area contributed by atoms with Gasteiger partial charge in [-0.3, -0.25) is 9.78 Å². The molecule has 0 saturated heterocycles. The van der Waals surface area contributed by atoms with Gasteiger partial charge in [0.2, 0.25) is 0 Å². The quantitative estimate of drug-likeness (QED) is 0.638. The Hall–Kier alpha value is -1.94.